The lowest BCUT2D eigenvalue weighted by molar-refractivity contribution is -0.633. The topological polar surface area (TPSA) is 65.0 Å². The number of carboxylic acid groups (broad SMARTS) is 1. The second-order valence-electron chi connectivity index (χ2n) is 4.22. The number of hydrogen-bond acceptors (Lipinski definition) is 3. The fourth-order valence-corrected chi connectivity index (χ4v) is 2.41. The molecule has 1 saturated heterocycles. The zero-order valence-corrected chi connectivity index (χ0v) is 9.15. The lowest BCUT2D eigenvalue weighted by Gasteiger charge is -2.04. The van der Waals surface area contributed by atoms with E-state index in [1.807, 2.05) is 35.0 Å². The SMILES string of the molecule is O=C(O)C1=NC2CCC(c3ccccc3)[N+]2=N1. The van der Waals surface area contributed by atoms with Gasteiger partial charge >= 0.3 is 11.8 Å². The van der Waals surface area contributed by atoms with Crippen LogP contribution in [0.4, 0.5) is 0 Å². The fourth-order valence-electron chi connectivity index (χ4n) is 2.41. The van der Waals surface area contributed by atoms with E-state index in [1.54, 1.807) is 0 Å². The van der Waals surface area contributed by atoms with Crippen LogP contribution in [0.3, 0.4) is 0 Å². The molecular weight excluding hydrogens is 218 g/mol. The molecule has 1 aromatic carbocycles. The Bertz CT molecular complexity index is 522. The first kappa shape index (κ1) is 10.1. The Morgan fingerprint density at radius 2 is 2.06 bits per heavy atom. The number of aliphatic imine (C=N–C) groups is 1. The van der Waals surface area contributed by atoms with Crippen LogP contribution < -0.4 is 0 Å². The summed E-state index contributed by atoms with van der Waals surface area (Å²) in [6.07, 6.45) is 1.74. The Labute approximate surface area is 98.1 Å². The van der Waals surface area contributed by atoms with Gasteiger partial charge in [-0.05, 0) is 0 Å². The van der Waals surface area contributed by atoms with Gasteiger partial charge in [-0.2, -0.15) is 4.99 Å². The van der Waals surface area contributed by atoms with Crippen molar-refractivity contribution in [3.63, 3.8) is 0 Å². The number of azo groups is 2. The van der Waals surface area contributed by atoms with E-state index in [4.69, 9.17) is 5.11 Å². The number of aliphatic carboxylic acids is 1. The smallest absolute Gasteiger partial charge is 0.380 e. The predicted octanol–water partition coefficient (Wildman–Crippen LogP) is 1.81. The highest BCUT2D eigenvalue weighted by Crippen LogP contribution is 2.35. The van der Waals surface area contributed by atoms with E-state index < -0.39 is 5.97 Å². The van der Waals surface area contributed by atoms with Crippen molar-refractivity contribution in [2.24, 2.45) is 10.1 Å². The molecule has 5 heteroatoms. The molecule has 0 radical (unpaired) electrons. The van der Waals surface area contributed by atoms with Gasteiger partial charge in [0, 0.05) is 23.5 Å². The van der Waals surface area contributed by atoms with E-state index in [0.29, 0.717) is 0 Å². The molecule has 0 aliphatic carbocycles. The van der Waals surface area contributed by atoms with Gasteiger partial charge in [-0.3, -0.25) is 0 Å². The third-order valence-electron chi connectivity index (χ3n) is 3.18. The molecule has 0 spiro atoms. The molecular formula is C12H12N3O2+. The summed E-state index contributed by atoms with van der Waals surface area (Å²) >= 11 is 0. The van der Waals surface area contributed by atoms with Crippen LogP contribution in [0.5, 0.6) is 0 Å². The molecule has 1 fully saturated rings. The maximum absolute atomic E-state index is 10.8. The summed E-state index contributed by atoms with van der Waals surface area (Å²) in [7, 11) is 0. The summed E-state index contributed by atoms with van der Waals surface area (Å²) in [5, 5.41) is 13.0. The van der Waals surface area contributed by atoms with Crippen LogP contribution in [0.15, 0.2) is 40.4 Å². The Kier molecular flexibility index (Phi) is 2.24. The van der Waals surface area contributed by atoms with Crippen molar-refractivity contribution < 1.29 is 14.6 Å². The van der Waals surface area contributed by atoms with E-state index in [2.05, 4.69) is 10.1 Å². The van der Waals surface area contributed by atoms with Crippen LogP contribution in [0.1, 0.15) is 24.4 Å². The summed E-state index contributed by atoms with van der Waals surface area (Å²) in [4.78, 5) is 14.9. The fraction of sp³-hybridized carbons (Fsp3) is 0.333. The third kappa shape index (κ3) is 1.63. The first-order chi connectivity index (χ1) is 8.25. The lowest BCUT2D eigenvalue weighted by Crippen LogP contribution is -2.14. The van der Waals surface area contributed by atoms with Crippen molar-refractivity contribution >= 4 is 11.8 Å². The molecule has 2 unspecified atom stereocenters. The maximum atomic E-state index is 10.8. The number of amidine groups is 1. The van der Waals surface area contributed by atoms with Crippen LogP contribution in [-0.4, -0.2) is 27.8 Å². The van der Waals surface area contributed by atoms with Gasteiger partial charge in [-0.15, -0.1) is 0 Å². The molecule has 5 nitrogen and oxygen atoms in total. The van der Waals surface area contributed by atoms with E-state index in [-0.39, 0.29) is 18.0 Å². The highest BCUT2D eigenvalue weighted by molar-refractivity contribution is 6.34. The van der Waals surface area contributed by atoms with Crippen LogP contribution in [0, 0.1) is 0 Å². The molecule has 17 heavy (non-hydrogen) atoms. The molecule has 2 heterocycles. The normalized spacial score (nSPS) is 26.4. The molecule has 0 aromatic heterocycles. The second kappa shape index (κ2) is 3.76. The molecule has 1 N–H and O–H groups in total. The number of carbonyl (C=O) groups is 1. The quantitative estimate of drug-likeness (QED) is 0.787. The van der Waals surface area contributed by atoms with Crippen LogP contribution >= 0.6 is 0 Å². The zero-order chi connectivity index (χ0) is 11.8. The maximum Gasteiger partial charge on any atom is 0.380 e. The molecule has 0 saturated carbocycles. The van der Waals surface area contributed by atoms with E-state index in [0.717, 1.165) is 12.8 Å². The predicted molar refractivity (Wildman–Crippen MR) is 60.0 cm³/mol. The summed E-state index contributed by atoms with van der Waals surface area (Å²) in [5.41, 5.74) is 1.17. The van der Waals surface area contributed by atoms with Crippen molar-refractivity contribution in [1.82, 2.24) is 0 Å². The van der Waals surface area contributed by atoms with Crippen molar-refractivity contribution in [3.8, 4) is 0 Å². The minimum absolute atomic E-state index is 0.0735. The first-order valence-electron chi connectivity index (χ1n) is 5.62. The van der Waals surface area contributed by atoms with Crippen LogP contribution in [0.25, 0.3) is 0 Å². The van der Waals surface area contributed by atoms with E-state index in [1.165, 1.54) is 5.56 Å². The molecule has 2 atom stereocenters. The van der Waals surface area contributed by atoms with Gasteiger partial charge in [0.2, 0.25) is 6.04 Å². The summed E-state index contributed by atoms with van der Waals surface area (Å²) in [6, 6.07) is 10.2. The lowest BCUT2D eigenvalue weighted by atomic mass is 10.1. The monoisotopic (exact) mass is 230 g/mol. The standard InChI is InChI=1S/C12H11N3O2/c16-12(17)11-13-10-7-6-9(15(10)14-11)8-4-2-1-3-5-8/h1-5,9-10H,6-7H2/p+1. The first-order valence-corrected chi connectivity index (χ1v) is 5.62. The molecule has 0 amide bonds. The summed E-state index contributed by atoms with van der Waals surface area (Å²) < 4.78 is 1.82. The number of hydrogen-bond donors (Lipinski definition) is 1. The van der Waals surface area contributed by atoms with Crippen molar-refractivity contribution in [2.45, 2.75) is 25.0 Å². The molecule has 2 aliphatic rings. The number of fused-ring (bicyclic) bond motifs is 1. The van der Waals surface area contributed by atoms with E-state index >= 15 is 0 Å². The average molecular weight is 230 g/mol. The van der Waals surface area contributed by atoms with Gasteiger partial charge in [0.15, 0.2) is 0 Å². The van der Waals surface area contributed by atoms with Gasteiger partial charge < -0.3 is 5.11 Å². The number of carboxylic acids is 1. The van der Waals surface area contributed by atoms with E-state index in [9.17, 15) is 4.79 Å². The number of nitrogens with zero attached hydrogens (tertiary/aromatic N) is 3. The number of rotatable bonds is 2. The zero-order valence-electron chi connectivity index (χ0n) is 9.15. The third-order valence-corrected chi connectivity index (χ3v) is 3.18. The molecule has 86 valence electrons. The van der Waals surface area contributed by atoms with Crippen LogP contribution in [-0.2, 0) is 4.79 Å². The minimum Gasteiger partial charge on any atom is -0.475 e. The second-order valence-corrected chi connectivity index (χ2v) is 4.22. The Balaban J connectivity index is 1.92. The van der Waals surface area contributed by atoms with Crippen molar-refractivity contribution in [2.75, 3.05) is 0 Å². The highest BCUT2D eigenvalue weighted by atomic mass is 16.4. The number of benzene rings is 1. The van der Waals surface area contributed by atoms with Gasteiger partial charge in [-0.25, -0.2) is 4.79 Å². The largest absolute Gasteiger partial charge is 0.475 e. The van der Waals surface area contributed by atoms with Gasteiger partial charge in [0.05, 0.1) is 0 Å². The molecule has 0 bridgehead atoms. The van der Waals surface area contributed by atoms with Gasteiger partial charge in [0.25, 0.3) is 6.17 Å². The van der Waals surface area contributed by atoms with Gasteiger partial charge in [0.1, 0.15) is 0 Å². The van der Waals surface area contributed by atoms with Crippen molar-refractivity contribution in [3.05, 3.63) is 35.9 Å². The minimum atomic E-state index is -1.05. The Morgan fingerprint density at radius 1 is 1.29 bits per heavy atom. The summed E-state index contributed by atoms with van der Waals surface area (Å²) in [6.45, 7) is 0. The Hall–Kier alpha value is -2.04. The Morgan fingerprint density at radius 3 is 2.76 bits per heavy atom. The highest BCUT2D eigenvalue weighted by Gasteiger charge is 2.45. The summed E-state index contributed by atoms with van der Waals surface area (Å²) in [5.74, 6) is -1.12. The van der Waals surface area contributed by atoms with Crippen molar-refractivity contribution in [1.29, 1.82) is 0 Å². The van der Waals surface area contributed by atoms with Gasteiger partial charge in [-0.1, -0.05) is 35.0 Å². The molecule has 2 aliphatic heterocycles. The molecule has 1 aromatic rings. The molecule has 3 rings (SSSR count). The average Bonchev–Trinajstić information content (AvgIpc) is 2.89. The van der Waals surface area contributed by atoms with Crippen LogP contribution in [0.2, 0.25) is 0 Å².